The van der Waals surface area contributed by atoms with Gasteiger partial charge in [-0.25, -0.2) is 9.97 Å². The van der Waals surface area contributed by atoms with Crippen molar-refractivity contribution in [2.45, 2.75) is 17.1 Å². The molecule has 0 aliphatic carbocycles. The molecule has 3 rings (SSSR count). The quantitative estimate of drug-likeness (QED) is 0.784. The second-order valence-electron chi connectivity index (χ2n) is 3.84. The summed E-state index contributed by atoms with van der Waals surface area (Å²) in [5.74, 6) is 0. The molecular weight excluding hydrogens is 305 g/mol. The van der Waals surface area contributed by atoms with Gasteiger partial charge in [0.25, 0.3) is 0 Å². The molecular formula is C11H7Cl2N5S. The summed E-state index contributed by atoms with van der Waals surface area (Å²) < 4.78 is 0. The first kappa shape index (κ1) is 12.7. The molecule has 2 aromatic heterocycles. The minimum atomic E-state index is 0.0545. The number of nitrogens with one attached hydrogen (secondary N) is 1. The number of benzene rings is 1. The molecule has 0 unspecified atom stereocenters. The number of aromatic amines is 1. The molecule has 0 atom stereocenters. The standard InChI is InChI=1S/C11H7Cl2N5S/c1-5-2-3-6-7(4-5)15-11(14-6)19-9-8(12)17-18-10(13)16-9/h2-4H,1H3,(H,14,15). The highest BCUT2D eigenvalue weighted by Gasteiger charge is 2.11. The van der Waals surface area contributed by atoms with Gasteiger partial charge in [-0.1, -0.05) is 17.7 Å². The summed E-state index contributed by atoms with van der Waals surface area (Å²) in [5, 5.41) is 8.67. The van der Waals surface area contributed by atoms with Crippen molar-refractivity contribution in [2.75, 3.05) is 0 Å². The van der Waals surface area contributed by atoms with Gasteiger partial charge in [0, 0.05) is 0 Å². The number of rotatable bonds is 2. The van der Waals surface area contributed by atoms with Gasteiger partial charge < -0.3 is 4.98 Å². The number of aromatic nitrogens is 5. The third-order valence-electron chi connectivity index (χ3n) is 2.40. The molecule has 0 saturated heterocycles. The average molecular weight is 312 g/mol. The van der Waals surface area contributed by atoms with Crippen molar-refractivity contribution in [3.8, 4) is 0 Å². The lowest BCUT2D eigenvalue weighted by molar-refractivity contribution is 0.901. The third-order valence-corrected chi connectivity index (χ3v) is 3.79. The van der Waals surface area contributed by atoms with E-state index in [0.717, 1.165) is 16.6 Å². The third kappa shape index (κ3) is 2.65. The maximum atomic E-state index is 5.91. The van der Waals surface area contributed by atoms with Crippen molar-refractivity contribution in [3.05, 3.63) is 34.2 Å². The molecule has 0 saturated carbocycles. The van der Waals surface area contributed by atoms with Gasteiger partial charge in [-0.3, -0.25) is 0 Å². The van der Waals surface area contributed by atoms with Crippen molar-refractivity contribution in [1.82, 2.24) is 25.1 Å². The van der Waals surface area contributed by atoms with Crippen LogP contribution in [0.15, 0.2) is 28.4 Å². The highest BCUT2D eigenvalue weighted by atomic mass is 35.5. The lowest BCUT2D eigenvalue weighted by Gasteiger charge is -1.98. The van der Waals surface area contributed by atoms with Crippen LogP contribution in [0, 0.1) is 6.92 Å². The maximum absolute atomic E-state index is 5.91. The highest BCUT2D eigenvalue weighted by molar-refractivity contribution is 7.99. The lowest BCUT2D eigenvalue weighted by atomic mass is 10.2. The van der Waals surface area contributed by atoms with E-state index in [4.69, 9.17) is 23.2 Å². The topological polar surface area (TPSA) is 67.3 Å². The number of halogens is 2. The summed E-state index contributed by atoms with van der Waals surface area (Å²) in [6, 6.07) is 5.99. The Hall–Kier alpha value is -1.37. The number of fused-ring (bicyclic) bond motifs is 1. The van der Waals surface area contributed by atoms with Gasteiger partial charge in [-0.2, -0.15) is 0 Å². The number of hydrogen-bond donors (Lipinski definition) is 1. The molecule has 0 fully saturated rings. The van der Waals surface area contributed by atoms with Gasteiger partial charge in [0.15, 0.2) is 10.3 Å². The highest BCUT2D eigenvalue weighted by Crippen LogP contribution is 2.30. The van der Waals surface area contributed by atoms with Gasteiger partial charge in [-0.05, 0) is 48.0 Å². The van der Waals surface area contributed by atoms with Gasteiger partial charge in [0.05, 0.1) is 11.0 Å². The van der Waals surface area contributed by atoms with Crippen molar-refractivity contribution in [1.29, 1.82) is 0 Å². The number of imidazole rings is 1. The Morgan fingerprint density at radius 1 is 1.16 bits per heavy atom. The minimum absolute atomic E-state index is 0.0545. The van der Waals surface area contributed by atoms with Crippen LogP contribution >= 0.6 is 35.0 Å². The van der Waals surface area contributed by atoms with E-state index < -0.39 is 0 Å². The van der Waals surface area contributed by atoms with E-state index in [9.17, 15) is 0 Å². The van der Waals surface area contributed by atoms with Crippen LogP contribution in [0.1, 0.15) is 5.56 Å². The van der Waals surface area contributed by atoms with Gasteiger partial charge in [0.2, 0.25) is 5.28 Å². The van der Waals surface area contributed by atoms with Gasteiger partial charge in [-0.15, -0.1) is 10.2 Å². The molecule has 0 aliphatic rings. The summed E-state index contributed by atoms with van der Waals surface area (Å²) in [6.07, 6.45) is 0. The molecule has 0 bridgehead atoms. The first-order valence-corrected chi connectivity index (χ1v) is 6.89. The molecule has 0 amide bonds. The lowest BCUT2D eigenvalue weighted by Crippen LogP contribution is -1.91. The summed E-state index contributed by atoms with van der Waals surface area (Å²) >= 11 is 12.9. The van der Waals surface area contributed by atoms with E-state index in [-0.39, 0.29) is 10.4 Å². The second kappa shape index (κ2) is 4.96. The zero-order valence-electron chi connectivity index (χ0n) is 9.69. The summed E-state index contributed by atoms with van der Waals surface area (Å²) in [6.45, 7) is 2.03. The monoisotopic (exact) mass is 311 g/mol. The molecule has 0 aliphatic heterocycles. The van der Waals surface area contributed by atoms with E-state index in [2.05, 4.69) is 25.1 Å². The number of H-pyrrole nitrogens is 1. The summed E-state index contributed by atoms with van der Waals surface area (Å²) in [5.41, 5.74) is 3.02. The Kier molecular flexibility index (Phi) is 3.30. The van der Waals surface area contributed by atoms with Crippen molar-refractivity contribution in [2.24, 2.45) is 0 Å². The molecule has 5 nitrogen and oxygen atoms in total. The molecule has 8 heteroatoms. The Balaban J connectivity index is 1.98. The molecule has 19 heavy (non-hydrogen) atoms. The van der Waals surface area contributed by atoms with Gasteiger partial charge in [0.1, 0.15) is 5.03 Å². The minimum Gasteiger partial charge on any atom is -0.333 e. The molecule has 0 radical (unpaired) electrons. The number of aryl methyl sites for hydroxylation is 1. The number of nitrogens with zero attached hydrogens (tertiary/aromatic N) is 4. The number of hydrogen-bond acceptors (Lipinski definition) is 5. The summed E-state index contributed by atoms with van der Waals surface area (Å²) in [4.78, 5) is 11.6. The normalized spacial score (nSPS) is 11.1. The fourth-order valence-corrected chi connectivity index (χ4v) is 2.70. The van der Waals surface area contributed by atoms with Crippen LogP contribution in [0.3, 0.4) is 0 Å². The maximum Gasteiger partial charge on any atom is 0.244 e. The van der Waals surface area contributed by atoms with Crippen LogP contribution in [0.25, 0.3) is 11.0 Å². The van der Waals surface area contributed by atoms with Crippen LogP contribution in [0.5, 0.6) is 0 Å². The molecule has 2 heterocycles. The predicted molar refractivity (Wildman–Crippen MR) is 74.8 cm³/mol. The van der Waals surface area contributed by atoms with Crippen molar-refractivity contribution < 1.29 is 0 Å². The largest absolute Gasteiger partial charge is 0.333 e. The zero-order valence-corrected chi connectivity index (χ0v) is 12.0. The van der Waals surface area contributed by atoms with Crippen LogP contribution in [0.4, 0.5) is 0 Å². The Bertz CT molecular complexity index is 758. The second-order valence-corrected chi connectivity index (χ2v) is 5.52. The molecule has 96 valence electrons. The van der Waals surface area contributed by atoms with Crippen LogP contribution < -0.4 is 0 Å². The van der Waals surface area contributed by atoms with E-state index in [0.29, 0.717) is 10.2 Å². The average Bonchev–Trinajstić information content (AvgIpc) is 2.75. The van der Waals surface area contributed by atoms with Crippen molar-refractivity contribution in [3.63, 3.8) is 0 Å². The first-order chi connectivity index (χ1) is 9.11. The summed E-state index contributed by atoms with van der Waals surface area (Å²) in [7, 11) is 0. The molecule has 1 aromatic carbocycles. The molecule has 3 aromatic rings. The van der Waals surface area contributed by atoms with E-state index >= 15 is 0 Å². The Morgan fingerprint density at radius 2 is 2.00 bits per heavy atom. The smallest absolute Gasteiger partial charge is 0.244 e. The van der Waals surface area contributed by atoms with Gasteiger partial charge >= 0.3 is 0 Å². The SMILES string of the molecule is Cc1ccc2nc(Sc3nc(Cl)nnc3Cl)[nH]c2c1. The zero-order chi connectivity index (χ0) is 13.4. The molecule has 0 spiro atoms. The first-order valence-electron chi connectivity index (χ1n) is 5.32. The van der Waals surface area contributed by atoms with Crippen LogP contribution in [-0.4, -0.2) is 25.1 Å². The van der Waals surface area contributed by atoms with Crippen LogP contribution in [0.2, 0.25) is 10.4 Å². The fraction of sp³-hybridized carbons (Fsp3) is 0.0909. The molecule has 1 N–H and O–H groups in total. The van der Waals surface area contributed by atoms with E-state index in [1.807, 2.05) is 25.1 Å². The van der Waals surface area contributed by atoms with E-state index in [1.165, 1.54) is 11.8 Å². The fourth-order valence-electron chi connectivity index (χ4n) is 1.59. The van der Waals surface area contributed by atoms with Crippen LogP contribution in [-0.2, 0) is 0 Å². The Labute approximate surface area is 122 Å². The Morgan fingerprint density at radius 3 is 2.84 bits per heavy atom. The predicted octanol–water partition coefficient (Wildman–Crippen LogP) is 3.51. The van der Waals surface area contributed by atoms with Crippen molar-refractivity contribution >= 4 is 46.0 Å². The van der Waals surface area contributed by atoms with E-state index in [1.54, 1.807) is 0 Å².